The molecule has 2 amide bonds. The highest BCUT2D eigenvalue weighted by atomic mass is 79.9. The molecule has 0 aromatic heterocycles. The summed E-state index contributed by atoms with van der Waals surface area (Å²) in [5.41, 5.74) is 0.772. The highest BCUT2D eigenvalue weighted by Gasteiger charge is 2.31. The SMILES string of the molecule is CCCNC(=O)[C@H](C)N(Cc1cccc(Br)c1)C(=O)CN(c1cc(Cl)c(Cl)cc1Cl)S(C)(=O)=O. The van der Waals surface area contributed by atoms with Crippen LogP contribution in [-0.4, -0.2) is 50.5 Å². The number of rotatable bonds is 10. The van der Waals surface area contributed by atoms with Crippen molar-refractivity contribution in [3.05, 3.63) is 61.5 Å². The Morgan fingerprint density at radius 3 is 2.32 bits per heavy atom. The molecule has 12 heteroatoms. The van der Waals surface area contributed by atoms with Crippen LogP contribution in [0.15, 0.2) is 40.9 Å². The van der Waals surface area contributed by atoms with Crippen molar-refractivity contribution in [2.75, 3.05) is 23.7 Å². The lowest BCUT2D eigenvalue weighted by Crippen LogP contribution is -2.51. The van der Waals surface area contributed by atoms with E-state index in [1.165, 1.54) is 17.0 Å². The van der Waals surface area contributed by atoms with E-state index in [9.17, 15) is 18.0 Å². The van der Waals surface area contributed by atoms with Crippen molar-refractivity contribution in [1.29, 1.82) is 0 Å². The van der Waals surface area contributed by atoms with Gasteiger partial charge >= 0.3 is 0 Å². The van der Waals surface area contributed by atoms with Gasteiger partial charge in [-0.05, 0) is 43.2 Å². The third-order valence-corrected chi connectivity index (χ3v) is 7.54. The first-order chi connectivity index (χ1) is 15.8. The molecule has 1 atom stereocenters. The van der Waals surface area contributed by atoms with Gasteiger partial charge in [0, 0.05) is 17.6 Å². The fourth-order valence-electron chi connectivity index (χ4n) is 3.11. The smallest absolute Gasteiger partial charge is 0.244 e. The Labute approximate surface area is 223 Å². The standard InChI is InChI=1S/C22H25BrCl3N3O4S/c1-4-8-27-22(31)14(2)28(12-15-6-5-7-16(23)9-15)21(30)13-29(34(3,32)33)20-11-18(25)17(24)10-19(20)26/h5-7,9-11,14H,4,8,12-13H2,1-3H3,(H,27,31)/t14-/m0/s1. The second-order valence-corrected chi connectivity index (χ2v) is 11.7. The number of nitrogens with one attached hydrogen (secondary N) is 1. The maximum absolute atomic E-state index is 13.5. The number of sulfonamides is 1. The van der Waals surface area contributed by atoms with Crippen LogP contribution in [0.3, 0.4) is 0 Å². The minimum atomic E-state index is -3.95. The molecule has 34 heavy (non-hydrogen) atoms. The zero-order valence-electron chi connectivity index (χ0n) is 18.8. The molecule has 0 aliphatic heterocycles. The van der Waals surface area contributed by atoms with E-state index in [2.05, 4.69) is 21.2 Å². The van der Waals surface area contributed by atoms with Crippen LogP contribution >= 0.6 is 50.7 Å². The Hall–Kier alpha value is -1.52. The van der Waals surface area contributed by atoms with Gasteiger partial charge in [0.25, 0.3) is 0 Å². The van der Waals surface area contributed by atoms with Gasteiger partial charge in [-0.3, -0.25) is 13.9 Å². The highest BCUT2D eigenvalue weighted by Crippen LogP contribution is 2.35. The van der Waals surface area contributed by atoms with Gasteiger partial charge < -0.3 is 10.2 Å². The summed E-state index contributed by atoms with van der Waals surface area (Å²) in [6.07, 6.45) is 1.69. The van der Waals surface area contributed by atoms with Gasteiger partial charge in [0.1, 0.15) is 12.6 Å². The lowest BCUT2D eigenvalue weighted by atomic mass is 10.1. The zero-order chi connectivity index (χ0) is 25.6. The first-order valence-corrected chi connectivity index (χ1v) is 14.1. The molecule has 0 fully saturated rings. The highest BCUT2D eigenvalue weighted by molar-refractivity contribution is 9.10. The average molecular weight is 614 g/mol. The molecule has 7 nitrogen and oxygen atoms in total. The Kier molecular flexibility index (Phi) is 10.5. The van der Waals surface area contributed by atoms with Crippen molar-refractivity contribution in [3.8, 4) is 0 Å². The number of benzene rings is 2. The monoisotopic (exact) mass is 611 g/mol. The number of amides is 2. The second kappa shape index (κ2) is 12.4. The predicted octanol–water partition coefficient (Wildman–Crippen LogP) is 5.12. The summed E-state index contributed by atoms with van der Waals surface area (Å²) in [6.45, 7) is 3.47. The van der Waals surface area contributed by atoms with Crippen LogP contribution in [0.2, 0.25) is 15.1 Å². The van der Waals surface area contributed by atoms with Crippen LogP contribution in [0.4, 0.5) is 5.69 Å². The first kappa shape index (κ1) is 28.7. The fraction of sp³-hybridized carbons (Fsp3) is 0.364. The third-order valence-electron chi connectivity index (χ3n) is 4.90. The molecule has 0 radical (unpaired) electrons. The quantitative estimate of drug-likeness (QED) is 0.377. The molecule has 0 heterocycles. The average Bonchev–Trinajstić information content (AvgIpc) is 2.75. The molecule has 0 spiro atoms. The van der Waals surface area contributed by atoms with Gasteiger partial charge in [-0.25, -0.2) is 8.42 Å². The van der Waals surface area contributed by atoms with E-state index in [-0.39, 0.29) is 33.2 Å². The van der Waals surface area contributed by atoms with Crippen LogP contribution < -0.4 is 9.62 Å². The van der Waals surface area contributed by atoms with E-state index < -0.39 is 28.5 Å². The number of anilines is 1. The fourth-order valence-corrected chi connectivity index (χ4v) is 5.10. The first-order valence-electron chi connectivity index (χ1n) is 10.3. The maximum atomic E-state index is 13.5. The third kappa shape index (κ3) is 7.75. The topological polar surface area (TPSA) is 86.8 Å². The van der Waals surface area contributed by atoms with Crippen molar-refractivity contribution in [2.24, 2.45) is 0 Å². The van der Waals surface area contributed by atoms with Crippen molar-refractivity contribution >= 4 is 78.3 Å². The zero-order valence-corrected chi connectivity index (χ0v) is 23.5. The summed E-state index contributed by atoms with van der Waals surface area (Å²) in [7, 11) is -3.95. The summed E-state index contributed by atoms with van der Waals surface area (Å²) in [4.78, 5) is 27.5. The largest absolute Gasteiger partial charge is 0.354 e. The van der Waals surface area contributed by atoms with Gasteiger partial charge in [0.05, 0.1) is 27.0 Å². The Morgan fingerprint density at radius 1 is 1.09 bits per heavy atom. The summed E-state index contributed by atoms with van der Waals surface area (Å²) < 4.78 is 26.9. The molecule has 1 N–H and O–H groups in total. The van der Waals surface area contributed by atoms with Gasteiger partial charge in [-0.1, -0.05) is 69.8 Å². The molecule has 0 aliphatic rings. The summed E-state index contributed by atoms with van der Waals surface area (Å²) >= 11 is 21.7. The van der Waals surface area contributed by atoms with Gasteiger partial charge in [0.15, 0.2) is 0 Å². The Balaban J connectivity index is 2.44. The Bertz CT molecular complexity index is 1160. The van der Waals surface area contributed by atoms with E-state index in [0.717, 1.165) is 27.0 Å². The van der Waals surface area contributed by atoms with E-state index in [1.54, 1.807) is 6.92 Å². The molecule has 186 valence electrons. The van der Waals surface area contributed by atoms with Crippen LogP contribution in [0.5, 0.6) is 0 Å². The molecule has 0 saturated carbocycles. The molecule has 0 saturated heterocycles. The molecule has 0 unspecified atom stereocenters. The molecule has 0 aliphatic carbocycles. The van der Waals surface area contributed by atoms with E-state index >= 15 is 0 Å². The predicted molar refractivity (Wildman–Crippen MR) is 141 cm³/mol. The lowest BCUT2D eigenvalue weighted by molar-refractivity contribution is -0.139. The van der Waals surface area contributed by atoms with Crippen LogP contribution in [0.25, 0.3) is 0 Å². The van der Waals surface area contributed by atoms with E-state index in [4.69, 9.17) is 34.8 Å². The lowest BCUT2D eigenvalue weighted by Gasteiger charge is -2.31. The van der Waals surface area contributed by atoms with Crippen molar-refractivity contribution < 1.29 is 18.0 Å². The normalized spacial score (nSPS) is 12.2. The van der Waals surface area contributed by atoms with E-state index in [1.807, 2.05) is 31.2 Å². The van der Waals surface area contributed by atoms with E-state index in [0.29, 0.717) is 6.54 Å². The number of halogens is 4. The van der Waals surface area contributed by atoms with Gasteiger partial charge in [-0.2, -0.15) is 0 Å². The Morgan fingerprint density at radius 2 is 1.74 bits per heavy atom. The molecule has 2 aromatic carbocycles. The minimum absolute atomic E-state index is 0.0115. The molecule has 2 aromatic rings. The summed E-state index contributed by atoms with van der Waals surface area (Å²) in [6, 6.07) is 9.02. The van der Waals surface area contributed by atoms with Crippen LogP contribution in [0.1, 0.15) is 25.8 Å². The van der Waals surface area contributed by atoms with Crippen molar-refractivity contribution in [1.82, 2.24) is 10.2 Å². The number of carbonyl (C=O) groups excluding carboxylic acids is 2. The van der Waals surface area contributed by atoms with Gasteiger partial charge in [0.2, 0.25) is 21.8 Å². The van der Waals surface area contributed by atoms with Crippen LogP contribution in [0, 0.1) is 0 Å². The summed E-state index contributed by atoms with van der Waals surface area (Å²) in [5, 5.41) is 3.02. The molecular weight excluding hydrogens is 589 g/mol. The van der Waals surface area contributed by atoms with Crippen molar-refractivity contribution in [3.63, 3.8) is 0 Å². The maximum Gasteiger partial charge on any atom is 0.244 e. The molecule has 0 bridgehead atoms. The number of hydrogen-bond acceptors (Lipinski definition) is 4. The van der Waals surface area contributed by atoms with Crippen molar-refractivity contribution in [2.45, 2.75) is 32.9 Å². The number of carbonyl (C=O) groups is 2. The molecular formula is C22H25BrCl3N3O4S. The second-order valence-electron chi connectivity index (χ2n) is 7.61. The van der Waals surface area contributed by atoms with Crippen LogP contribution in [-0.2, 0) is 26.2 Å². The number of nitrogens with zero attached hydrogens (tertiary/aromatic N) is 2. The minimum Gasteiger partial charge on any atom is -0.354 e. The molecule has 2 rings (SSSR count). The van der Waals surface area contributed by atoms with Gasteiger partial charge in [-0.15, -0.1) is 0 Å². The number of hydrogen-bond donors (Lipinski definition) is 1. The summed E-state index contributed by atoms with van der Waals surface area (Å²) in [5.74, 6) is -0.935.